The van der Waals surface area contributed by atoms with Crippen molar-refractivity contribution < 1.29 is 4.74 Å². The number of nitrogens with zero attached hydrogens (tertiary/aromatic N) is 2. The molecule has 5 heteroatoms. The third-order valence-corrected chi connectivity index (χ3v) is 2.80. The Labute approximate surface area is 116 Å². The topological polar surface area (TPSA) is 35.0 Å². The smallest absolute Gasteiger partial charge is 0.169 e. The largest absolute Gasteiger partial charge is 0.485 e. The molecule has 1 aromatic carbocycles. The minimum absolute atomic E-state index is 0.241. The molecule has 0 saturated heterocycles. The Morgan fingerprint density at radius 3 is 2.39 bits per heavy atom. The molecule has 0 fully saturated rings. The average molecular weight is 283 g/mol. The van der Waals surface area contributed by atoms with Gasteiger partial charge in [0.2, 0.25) is 0 Å². The minimum Gasteiger partial charge on any atom is -0.485 e. The van der Waals surface area contributed by atoms with Crippen molar-refractivity contribution >= 4 is 23.2 Å². The summed E-state index contributed by atoms with van der Waals surface area (Å²) in [5.74, 6) is 1.28. The van der Waals surface area contributed by atoms with Crippen LogP contribution in [-0.2, 0) is 6.61 Å². The normalized spacial score (nSPS) is 10.4. The molecule has 18 heavy (non-hydrogen) atoms. The van der Waals surface area contributed by atoms with Gasteiger partial charge in [0, 0.05) is 6.07 Å². The molecule has 0 radical (unpaired) electrons. The minimum atomic E-state index is 0.241. The third-order valence-electron chi connectivity index (χ3n) is 2.41. The summed E-state index contributed by atoms with van der Waals surface area (Å²) in [5.41, 5.74) is 2.20. The Bertz CT molecular complexity index is 553. The molecule has 0 aliphatic carbocycles. The van der Waals surface area contributed by atoms with E-state index in [-0.39, 0.29) is 6.61 Å². The maximum Gasteiger partial charge on any atom is 0.169 e. The first-order valence-corrected chi connectivity index (χ1v) is 6.19. The number of benzene rings is 1. The van der Waals surface area contributed by atoms with Crippen molar-refractivity contribution in [1.82, 2.24) is 9.97 Å². The molecule has 0 unspecified atom stereocenters. The fraction of sp³-hybridized carbons (Fsp3) is 0.231. The van der Waals surface area contributed by atoms with Crippen LogP contribution in [-0.4, -0.2) is 9.97 Å². The van der Waals surface area contributed by atoms with Gasteiger partial charge in [-0.15, -0.1) is 0 Å². The van der Waals surface area contributed by atoms with Gasteiger partial charge in [-0.05, 0) is 31.0 Å². The molecule has 0 N–H and O–H groups in total. The zero-order chi connectivity index (χ0) is 13.1. The van der Waals surface area contributed by atoms with Crippen LogP contribution in [0.25, 0.3) is 0 Å². The van der Waals surface area contributed by atoms with Crippen molar-refractivity contribution in [1.29, 1.82) is 0 Å². The molecule has 0 bridgehead atoms. The van der Waals surface area contributed by atoms with Gasteiger partial charge in [-0.1, -0.05) is 35.3 Å². The van der Waals surface area contributed by atoms with E-state index in [9.17, 15) is 0 Å². The molecule has 0 aliphatic rings. The Morgan fingerprint density at radius 1 is 1.06 bits per heavy atom. The van der Waals surface area contributed by atoms with Crippen molar-refractivity contribution in [2.24, 2.45) is 0 Å². The van der Waals surface area contributed by atoms with Crippen molar-refractivity contribution in [3.63, 3.8) is 0 Å². The van der Waals surface area contributed by atoms with Crippen LogP contribution in [0.5, 0.6) is 5.75 Å². The van der Waals surface area contributed by atoms with Crippen molar-refractivity contribution in [3.05, 3.63) is 51.5 Å². The Kier molecular flexibility index (Phi) is 4.04. The summed E-state index contributed by atoms with van der Waals surface area (Å²) in [6.45, 7) is 4.24. The molecule has 0 spiro atoms. The van der Waals surface area contributed by atoms with Crippen LogP contribution >= 0.6 is 23.2 Å². The van der Waals surface area contributed by atoms with Crippen LogP contribution in [0.1, 0.15) is 17.0 Å². The Balaban J connectivity index is 2.13. The van der Waals surface area contributed by atoms with E-state index in [1.54, 1.807) is 0 Å². The van der Waals surface area contributed by atoms with Gasteiger partial charge in [-0.2, -0.15) is 0 Å². The highest BCUT2D eigenvalue weighted by Crippen LogP contribution is 2.20. The van der Waals surface area contributed by atoms with Crippen LogP contribution in [0.4, 0.5) is 0 Å². The second kappa shape index (κ2) is 5.55. The number of ether oxygens (including phenoxy) is 1. The number of aryl methyl sites for hydroxylation is 2. The predicted molar refractivity (Wildman–Crippen MR) is 72.3 cm³/mol. The van der Waals surface area contributed by atoms with E-state index in [0.717, 1.165) is 16.9 Å². The van der Waals surface area contributed by atoms with E-state index in [2.05, 4.69) is 9.97 Å². The van der Waals surface area contributed by atoms with E-state index in [4.69, 9.17) is 27.9 Å². The lowest BCUT2D eigenvalue weighted by molar-refractivity contribution is 0.293. The van der Waals surface area contributed by atoms with Crippen LogP contribution in [0.2, 0.25) is 10.3 Å². The molecule has 1 heterocycles. The van der Waals surface area contributed by atoms with Gasteiger partial charge in [0.25, 0.3) is 0 Å². The first kappa shape index (κ1) is 13.1. The van der Waals surface area contributed by atoms with Gasteiger partial charge < -0.3 is 4.74 Å². The number of halogens is 2. The van der Waals surface area contributed by atoms with E-state index in [1.165, 1.54) is 6.07 Å². The molecule has 2 aromatic rings. The predicted octanol–water partition coefficient (Wildman–Crippen LogP) is 3.98. The Morgan fingerprint density at radius 2 is 1.72 bits per heavy atom. The fourth-order valence-corrected chi connectivity index (χ4v) is 1.96. The quantitative estimate of drug-likeness (QED) is 0.799. The van der Waals surface area contributed by atoms with Crippen molar-refractivity contribution in [3.8, 4) is 5.75 Å². The number of rotatable bonds is 3. The Hall–Kier alpha value is -1.32. The SMILES string of the molecule is Cc1ccc(C)c(OCc2nc(Cl)cc(Cl)n2)c1. The average Bonchev–Trinajstić information content (AvgIpc) is 2.29. The number of hydrogen-bond acceptors (Lipinski definition) is 3. The lowest BCUT2D eigenvalue weighted by Crippen LogP contribution is -2.02. The first-order chi connectivity index (χ1) is 8.54. The highest BCUT2D eigenvalue weighted by molar-refractivity contribution is 6.33. The summed E-state index contributed by atoms with van der Waals surface area (Å²) in [7, 11) is 0. The molecule has 1 aromatic heterocycles. The molecule has 0 amide bonds. The highest BCUT2D eigenvalue weighted by Gasteiger charge is 2.05. The molecule has 2 rings (SSSR count). The molecule has 3 nitrogen and oxygen atoms in total. The van der Waals surface area contributed by atoms with E-state index in [0.29, 0.717) is 16.1 Å². The second-order valence-corrected chi connectivity index (χ2v) is 4.76. The van der Waals surface area contributed by atoms with Crippen LogP contribution in [0, 0.1) is 13.8 Å². The van der Waals surface area contributed by atoms with Gasteiger partial charge in [0.1, 0.15) is 22.7 Å². The van der Waals surface area contributed by atoms with Crippen molar-refractivity contribution in [2.45, 2.75) is 20.5 Å². The molecule has 0 saturated carbocycles. The van der Waals surface area contributed by atoms with Crippen LogP contribution in [0.15, 0.2) is 24.3 Å². The summed E-state index contributed by atoms with van der Waals surface area (Å²) in [4.78, 5) is 8.09. The van der Waals surface area contributed by atoms with Gasteiger partial charge in [0.05, 0.1) is 0 Å². The van der Waals surface area contributed by atoms with E-state index >= 15 is 0 Å². The summed E-state index contributed by atoms with van der Waals surface area (Å²) >= 11 is 11.6. The van der Waals surface area contributed by atoms with Gasteiger partial charge in [0.15, 0.2) is 5.82 Å². The highest BCUT2D eigenvalue weighted by atomic mass is 35.5. The molecule has 0 aliphatic heterocycles. The monoisotopic (exact) mass is 282 g/mol. The summed E-state index contributed by atoms with van der Waals surface area (Å²) in [6, 6.07) is 7.51. The van der Waals surface area contributed by atoms with Crippen LogP contribution in [0.3, 0.4) is 0 Å². The van der Waals surface area contributed by atoms with E-state index < -0.39 is 0 Å². The summed E-state index contributed by atoms with van der Waals surface area (Å²) < 4.78 is 5.67. The third kappa shape index (κ3) is 3.34. The molecular formula is C13H12Cl2N2O. The van der Waals surface area contributed by atoms with Gasteiger partial charge >= 0.3 is 0 Å². The lowest BCUT2D eigenvalue weighted by atomic mass is 10.1. The lowest BCUT2D eigenvalue weighted by Gasteiger charge is -2.09. The fourth-order valence-electron chi connectivity index (χ4n) is 1.50. The zero-order valence-electron chi connectivity index (χ0n) is 10.1. The summed E-state index contributed by atoms with van der Waals surface area (Å²) in [6.07, 6.45) is 0. The zero-order valence-corrected chi connectivity index (χ0v) is 11.6. The van der Waals surface area contributed by atoms with Crippen molar-refractivity contribution in [2.75, 3.05) is 0 Å². The number of aromatic nitrogens is 2. The first-order valence-electron chi connectivity index (χ1n) is 5.43. The maximum absolute atomic E-state index is 5.80. The second-order valence-electron chi connectivity index (χ2n) is 3.99. The summed E-state index contributed by atoms with van der Waals surface area (Å²) in [5, 5.41) is 0.629. The van der Waals surface area contributed by atoms with Gasteiger partial charge in [-0.3, -0.25) is 0 Å². The molecule has 94 valence electrons. The molecule has 0 atom stereocenters. The van der Waals surface area contributed by atoms with Gasteiger partial charge in [-0.25, -0.2) is 9.97 Å². The van der Waals surface area contributed by atoms with E-state index in [1.807, 2.05) is 32.0 Å². The number of hydrogen-bond donors (Lipinski definition) is 0. The van der Waals surface area contributed by atoms with Crippen LogP contribution < -0.4 is 4.74 Å². The standard InChI is InChI=1S/C13H12Cl2N2O/c1-8-3-4-9(2)10(5-8)18-7-13-16-11(14)6-12(15)17-13/h3-6H,7H2,1-2H3. The molecular weight excluding hydrogens is 271 g/mol. The maximum atomic E-state index is 5.80.